The number of nitro groups is 1. The number of nitrogens with one attached hydrogen (secondary N) is 1. The smallest absolute Gasteiger partial charge is 0.292 e. The normalized spacial score (nSPS) is 11.5. The summed E-state index contributed by atoms with van der Waals surface area (Å²) >= 11 is 1.03. The number of ether oxygens (including phenoxy) is 2. The monoisotopic (exact) mass is 523 g/mol. The maximum atomic E-state index is 14.8. The van der Waals surface area contributed by atoms with Crippen LogP contribution in [0.4, 0.5) is 15.8 Å². The molecular weight excluding hydrogens is 501 g/mol. The molecule has 1 N–H and O–H groups in total. The second-order valence-corrected chi connectivity index (χ2v) is 8.98. The topological polar surface area (TPSA) is 121 Å². The van der Waals surface area contributed by atoms with Gasteiger partial charge >= 0.3 is 0 Å². The lowest BCUT2D eigenvalue weighted by atomic mass is 10.2. The zero-order valence-corrected chi connectivity index (χ0v) is 20.6. The van der Waals surface area contributed by atoms with Crippen molar-refractivity contribution in [3.63, 3.8) is 0 Å². The zero-order valence-electron chi connectivity index (χ0n) is 19.8. The lowest BCUT2D eigenvalue weighted by molar-refractivity contribution is -0.383. The van der Waals surface area contributed by atoms with Gasteiger partial charge in [0.2, 0.25) is 5.91 Å². The number of halogens is 1. The second kappa shape index (κ2) is 11.5. The Labute approximate surface area is 215 Å². The minimum atomic E-state index is -0.745. The average Bonchev–Trinajstić information content (AvgIpc) is 3.30. The highest BCUT2D eigenvalue weighted by atomic mass is 32.2. The molecule has 1 amide bonds. The summed E-state index contributed by atoms with van der Waals surface area (Å²) < 4.78 is 27.2. The molecule has 0 saturated carbocycles. The second-order valence-electron chi connectivity index (χ2n) is 7.67. The number of aromatic nitrogens is 3. The van der Waals surface area contributed by atoms with E-state index in [1.807, 2.05) is 0 Å². The van der Waals surface area contributed by atoms with Crippen molar-refractivity contribution in [2.45, 2.75) is 23.9 Å². The molecule has 1 heterocycles. The first kappa shape index (κ1) is 25.6. The standard InChI is InChI=1S/C25H22FN5O5S/c1-16(24(32)27-20-8-4-6-10-22(20)31(33)34)37-25-29-28-23(30(25)21-9-5-3-7-19(21)26)15-36-18-13-11-17(35-2)12-14-18/h3-14,16H,15H2,1-2H3,(H,27,32)/t16-/m1/s1. The Morgan fingerprint density at radius 1 is 1.08 bits per heavy atom. The Kier molecular flexibility index (Phi) is 7.98. The first-order chi connectivity index (χ1) is 17.9. The number of rotatable bonds is 10. The molecule has 0 radical (unpaired) electrons. The first-order valence-electron chi connectivity index (χ1n) is 11.0. The van der Waals surface area contributed by atoms with Crippen molar-refractivity contribution < 1.29 is 23.6 Å². The number of amides is 1. The lowest BCUT2D eigenvalue weighted by Crippen LogP contribution is -2.23. The van der Waals surface area contributed by atoms with Gasteiger partial charge in [-0.05, 0) is 49.4 Å². The van der Waals surface area contributed by atoms with Crippen LogP contribution in [0.5, 0.6) is 11.5 Å². The van der Waals surface area contributed by atoms with E-state index in [9.17, 15) is 19.3 Å². The number of carbonyl (C=O) groups excluding carboxylic acids is 1. The van der Waals surface area contributed by atoms with Crippen LogP contribution in [-0.2, 0) is 11.4 Å². The molecule has 0 saturated heterocycles. The third kappa shape index (κ3) is 6.04. The van der Waals surface area contributed by atoms with E-state index in [-0.39, 0.29) is 28.8 Å². The summed E-state index contributed by atoms with van der Waals surface area (Å²) in [7, 11) is 1.56. The molecule has 3 aromatic carbocycles. The van der Waals surface area contributed by atoms with E-state index in [1.54, 1.807) is 62.6 Å². The van der Waals surface area contributed by atoms with E-state index in [0.717, 1.165) is 11.8 Å². The van der Waals surface area contributed by atoms with Crippen molar-refractivity contribution in [3.8, 4) is 17.2 Å². The van der Waals surface area contributed by atoms with E-state index >= 15 is 0 Å². The van der Waals surface area contributed by atoms with Crippen LogP contribution in [0, 0.1) is 15.9 Å². The summed E-state index contributed by atoms with van der Waals surface area (Å²) in [6, 6.07) is 18.9. The molecule has 10 nitrogen and oxygen atoms in total. The van der Waals surface area contributed by atoms with E-state index in [2.05, 4.69) is 15.5 Å². The fraction of sp³-hybridized carbons (Fsp3) is 0.160. The van der Waals surface area contributed by atoms with Crippen molar-refractivity contribution in [1.29, 1.82) is 0 Å². The Morgan fingerprint density at radius 3 is 2.46 bits per heavy atom. The molecule has 0 aliphatic heterocycles. The van der Waals surface area contributed by atoms with Crippen molar-refractivity contribution in [3.05, 3.63) is 94.6 Å². The van der Waals surface area contributed by atoms with Gasteiger partial charge in [-0.15, -0.1) is 10.2 Å². The van der Waals surface area contributed by atoms with Crippen LogP contribution < -0.4 is 14.8 Å². The van der Waals surface area contributed by atoms with Gasteiger partial charge in [0, 0.05) is 6.07 Å². The quantitative estimate of drug-likeness (QED) is 0.175. The fourth-order valence-electron chi connectivity index (χ4n) is 3.35. The average molecular weight is 524 g/mol. The molecular formula is C25H22FN5O5S. The molecule has 0 fully saturated rings. The first-order valence-corrected chi connectivity index (χ1v) is 11.9. The summed E-state index contributed by atoms with van der Waals surface area (Å²) in [5.41, 5.74) is 0.0456. The fourth-order valence-corrected chi connectivity index (χ4v) is 4.23. The van der Waals surface area contributed by atoms with Crippen LogP contribution in [-0.4, -0.2) is 38.0 Å². The van der Waals surface area contributed by atoms with Gasteiger partial charge < -0.3 is 14.8 Å². The van der Waals surface area contributed by atoms with Crippen molar-refractivity contribution in [2.75, 3.05) is 12.4 Å². The molecule has 190 valence electrons. The number of methoxy groups -OCH3 is 1. The van der Waals surface area contributed by atoms with Crippen LogP contribution in [0.2, 0.25) is 0 Å². The SMILES string of the molecule is COc1ccc(OCc2nnc(S[C@H](C)C(=O)Nc3ccccc3[N+](=O)[O-])n2-c2ccccc2F)cc1. The van der Waals surface area contributed by atoms with Gasteiger partial charge in [0.15, 0.2) is 11.0 Å². The number of thioether (sulfide) groups is 1. The molecule has 0 bridgehead atoms. The summed E-state index contributed by atoms with van der Waals surface area (Å²) in [4.78, 5) is 23.6. The van der Waals surface area contributed by atoms with Crippen molar-refractivity contribution in [2.24, 2.45) is 0 Å². The maximum absolute atomic E-state index is 14.8. The number of para-hydroxylation sites is 3. The molecule has 0 unspecified atom stereocenters. The van der Waals surface area contributed by atoms with E-state index < -0.39 is 21.9 Å². The third-order valence-electron chi connectivity index (χ3n) is 5.23. The lowest BCUT2D eigenvalue weighted by Gasteiger charge is -2.15. The van der Waals surface area contributed by atoms with Gasteiger partial charge in [-0.3, -0.25) is 19.5 Å². The molecule has 37 heavy (non-hydrogen) atoms. The highest BCUT2D eigenvalue weighted by Gasteiger charge is 2.24. The van der Waals surface area contributed by atoms with Crippen LogP contribution in [0.3, 0.4) is 0 Å². The van der Waals surface area contributed by atoms with E-state index in [4.69, 9.17) is 9.47 Å². The zero-order chi connectivity index (χ0) is 26.4. The number of benzene rings is 3. The Hall–Kier alpha value is -4.45. The molecule has 0 aliphatic rings. The summed E-state index contributed by atoms with van der Waals surface area (Å²) in [6.07, 6.45) is 0. The molecule has 4 rings (SSSR count). The minimum absolute atomic E-state index is 0.0228. The van der Waals surface area contributed by atoms with Crippen molar-refractivity contribution >= 4 is 29.0 Å². The Bertz CT molecular complexity index is 1410. The minimum Gasteiger partial charge on any atom is -0.497 e. The van der Waals surface area contributed by atoms with Crippen LogP contribution in [0.25, 0.3) is 5.69 Å². The predicted octanol–water partition coefficient (Wildman–Crippen LogP) is 5.02. The van der Waals surface area contributed by atoms with E-state index in [0.29, 0.717) is 17.3 Å². The highest BCUT2D eigenvalue weighted by molar-refractivity contribution is 8.00. The molecule has 1 aromatic heterocycles. The number of carbonyl (C=O) groups is 1. The molecule has 4 aromatic rings. The largest absolute Gasteiger partial charge is 0.497 e. The Morgan fingerprint density at radius 2 is 1.76 bits per heavy atom. The Balaban J connectivity index is 1.57. The summed E-state index contributed by atoms with van der Waals surface area (Å²) in [5.74, 6) is 0.545. The number of nitro benzene ring substituents is 1. The van der Waals surface area contributed by atoms with Gasteiger partial charge in [-0.25, -0.2) is 4.39 Å². The molecule has 12 heteroatoms. The van der Waals surface area contributed by atoms with Gasteiger partial charge in [0.05, 0.1) is 23.0 Å². The van der Waals surface area contributed by atoms with Crippen LogP contribution in [0.15, 0.2) is 78.0 Å². The third-order valence-corrected chi connectivity index (χ3v) is 6.27. The predicted molar refractivity (Wildman–Crippen MR) is 136 cm³/mol. The van der Waals surface area contributed by atoms with Gasteiger partial charge in [0.25, 0.3) is 5.69 Å². The molecule has 0 aliphatic carbocycles. The van der Waals surface area contributed by atoms with Gasteiger partial charge in [-0.2, -0.15) is 0 Å². The van der Waals surface area contributed by atoms with Gasteiger partial charge in [-0.1, -0.05) is 36.0 Å². The molecule has 1 atom stereocenters. The number of hydrogen-bond acceptors (Lipinski definition) is 8. The van der Waals surface area contributed by atoms with Crippen LogP contribution in [0.1, 0.15) is 12.7 Å². The van der Waals surface area contributed by atoms with Crippen LogP contribution >= 0.6 is 11.8 Å². The van der Waals surface area contributed by atoms with Gasteiger partial charge in [0.1, 0.15) is 29.6 Å². The molecule has 0 spiro atoms. The van der Waals surface area contributed by atoms with E-state index in [1.165, 1.54) is 28.8 Å². The maximum Gasteiger partial charge on any atom is 0.292 e. The summed E-state index contributed by atoms with van der Waals surface area (Å²) in [6.45, 7) is 1.59. The number of hydrogen-bond donors (Lipinski definition) is 1. The van der Waals surface area contributed by atoms with Crippen molar-refractivity contribution in [1.82, 2.24) is 14.8 Å². The number of nitrogens with zero attached hydrogens (tertiary/aromatic N) is 4. The highest BCUT2D eigenvalue weighted by Crippen LogP contribution is 2.30. The summed E-state index contributed by atoms with van der Waals surface area (Å²) in [5, 5.41) is 21.7. The number of anilines is 1.